The lowest BCUT2D eigenvalue weighted by Gasteiger charge is -2.35. The molecule has 9 heteroatoms. The Bertz CT molecular complexity index is 702. The summed E-state index contributed by atoms with van der Waals surface area (Å²) in [5, 5.41) is 6.10. The first-order valence-electron chi connectivity index (χ1n) is 11.3. The van der Waals surface area contributed by atoms with Crippen molar-refractivity contribution in [3.05, 3.63) is 29.8 Å². The number of likely N-dealkylation sites (tertiary alicyclic amines) is 1. The number of halogens is 1. The summed E-state index contributed by atoms with van der Waals surface area (Å²) in [5.41, 5.74) is 1.03. The summed E-state index contributed by atoms with van der Waals surface area (Å²) in [5.74, 6) is 1.49. The molecule has 1 atom stereocenters. The van der Waals surface area contributed by atoms with Gasteiger partial charge in [0.15, 0.2) is 5.96 Å². The topological polar surface area (TPSA) is 84.4 Å². The number of methoxy groups -OCH3 is 1. The van der Waals surface area contributed by atoms with Gasteiger partial charge in [0.05, 0.1) is 32.5 Å². The Morgan fingerprint density at radius 2 is 1.91 bits per heavy atom. The summed E-state index contributed by atoms with van der Waals surface area (Å²) < 4.78 is 17.0. The van der Waals surface area contributed by atoms with E-state index in [9.17, 15) is 4.79 Å². The maximum Gasteiger partial charge on any atom is 0.239 e. The van der Waals surface area contributed by atoms with Crippen LogP contribution in [0, 0.1) is 0 Å². The third-order valence-electron chi connectivity index (χ3n) is 5.80. The number of piperidine rings is 1. The van der Waals surface area contributed by atoms with Gasteiger partial charge in [-0.25, -0.2) is 0 Å². The fraction of sp³-hybridized carbons (Fsp3) is 0.652. The molecule has 0 saturated carbocycles. The molecule has 2 saturated heterocycles. The highest BCUT2D eigenvalue weighted by atomic mass is 127. The number of nitrogens with zero attached hydrogens (tertiary/aromatic N) is 2. The third kappa shape index (κ3) is 8.74. The largest absolute Gasteiger partial charge is 0.497 e. The Morgan fingerprint density at radius 3 is 2.53 bits per heavy atom. The zero-order valence-electron chi connectivity index (χ0n) is 19.2. The summed E-state index contributed by atoms with van der Waals surface area (Å²) in [7, 11) is 3.39. The van der Waals surface area contributed by atoms with Gasteiger partial charge in [-0.15, -0.1) is 24.0 Å². The molecule has 1 amide bonds. The lowest BCUT2D eigenvalue weighted by atomic mass is 10.1. The number of hydrogen-bond donors (Lipinski definition) is 2. The maximum absolute atomic E-state index is 12.2. The van der Waals surface area contributed by atoms with E-state index < -0.39 is 0 Å². The number of amides is 1. The van der Waals surface area contributed by atoms with E-state index in [4.69, 9.17) is 14.2 Å². The second-order valence-electron chi connectivity index (χ2n) is 8.03. The molecule has 0 bridgehead atoms. The van der Waals surface area contributed by atoms with Gasteiger partial charge in [0.25, 0.3) is 0 Å². The van der Waals surface area contributed by atoms with E-state index >= 15 is 0 Å². The highest BCUT2D eigenvalue weighted by Crippen LogP contribution is 2.18. The Balaban J connectivity index is 0.00000363. The van der Waals surface area contributed by atoms with Gasteiger partial charge in [0.2, 0.25) is 5.91 Å². The summed E-state index contributed by atoms with van der Waals surface area (Å²) in [6.07, 6.45) is 5.96. The predicted molar refractivity (Wildman–Crippen MR) is 136 cm³/mol. The van der Waals surface area contributed by atoms with Crippen molar-refractivity contribution in [1.82, 2.24) is 15.5 Å². The van der Waals surface area contributed by atoms with E-state index in [1.807, 2.05) is 24.3 Å². The van der Waals surface area contributed by atoms with E-state index in [2.05, 4.69) is 20.5 Å². The normalized spacial score (nSPS) is 19.8. The van der Waals surface area contributed by atoms with Crippen molar-refractivity contribution in [2.24, 2.45) is 4.99 Å². The van der Waals surface area contributed by atoms with Crippen LogP contribution in [0.5, 0.6) is 5.75 Å². The number of guanidine groups is 1. The number of aliphatic imine (C=N–C) groups is 1. The number of carbonyl (C=O) groups is 1. The van der Waals surface area contributed by atoms with Crippen molar-refractivity contribution in [3.63, 3.8) is 0 Å². The first kappa shape index (κ1) is 26.7. The number of rotatable bonds is 8. The van der Waals surface area contributed by atoms with E-state index in [0.717, 1.165) is 56.2 Å². The number of nitrogens with one attached hydrogen (secondary N) is 2. The molecule has 32 heavy (non-hydrogen) atoms. The molecule has 0 aliphatic carbocycles. The number of benzene rings is 1. The molecule has 180 valence electrons. The maximum atomic E-state index is 12.2. The minimum absolute atomic E-state index is 0. The SMILES string of the molecule is CN=C(NCC(=O)NCc1ccc(OC)cc1)N1CCC(OCC2CCCCO2)CC1.I. The molecule has 1 unspecified atom stereocenters. The Labute approximate surface area is 208 Å². The zero-order valence-corrected chi connectivity index (χ0v) is 21.5. The second kappa shape index (κ2) is 14.5. The van der Waals surface area contributed by atoms with Crippen LogP contribution in [0.1, 0.15) is 37.7 Å². The van der Waals surface area contributed by atoms with Gasteiger partial charge in [0.1, 0.15) is 5.75 Å². The van der Waals surface area contributed by atoms with Crippen LogP contribution in [-0.4, -0.2) is 76.0 Å². The average Bonchev–Trinajstić information content (AvgIpc) is 2.83. The summed E-state index contributed by atoms with van der Waals surface area (Å²) in [4.78, 5) is 18.8. The summed E-state index contributed by atoms with van der Waals surface area (Å²) in [6, 6.07) is 7.66. The molecule has 1 aromatic rings. The Morgan fingerprint density at radius 1 is 1.16 bits per heavy atom. The monoisotopic (exact) mass is 560 g/mol. The minimum Gasteiger partial charge on any atom is -0.497 e. The number of carbonyl (C=O) groups excluding carboxylic acids is 1. The van der Waals surface area contributed by atoms with E-state index in [0.29, 0.717) is 13.2 Å². The van der Waals surface area contributed by atoms with Gasteiger partial charge in [-0.2, -0.15) is 0 Å². The summed E-state index contributed by atoms with van der Waals surface area (Å²) in [6.45, 7) is 3.97. The molecule has 2 fully saturated rings. The van der Waals surface area contributed by atoms with Crippen LogP contribution in [0.15, 0.2) is 29.3 Å². The fourth-order valence-electron chi connectivity index (χ4n) is 3.91. The Kier molecular flexibility index (Phi) is 12.1. The van der Waals surface area contributed by atoms with Gasteiger partial charge in [-0.1, -0.05) is 12.1 Å². The van der Waals surface area contributed by atoms with Crippen LogP contribution >= 0.6 is 24.0 Å². The van der Waals surface area contributed by atoms with Gasteiger partial charge in [-0.3, -0.25) is 9.79 Å². The molecule has 2 heterocycles. The summed E-state index contributed by atoms with van der Waals surface area (Å²) >= 11 is 0. The number of hydrogen-bond acceptors (Lipinski definition) is 5. The third-order valence-corrected chi connectivity index (χ3v) is 5.80. The second-order valence-corrected chi connectivity index (χ2v) is 8.03. The van der Waals surface area contributed by atoms with Crippen molar-refractivity contribution in [2.45, 2.75) is 50.9 Å². The molecule has 1 aromatic carbocycles. The molecule has 0 radical (unpaired) electrons. The lowest BCUT2D eigenvalue weighted by molar-refractivity contribution is -0.120. The van der Waals surface area contributed by atoms with E-state index in [1.54, 1.807) is 14.2 Å². The van der Waals surface area contributed by atoms with Gasteiger partial charge in [-0.05, 0) is 49.8 Å². The molecule has 8 nitrogen and oxygen atoms in total. The Hall–Kier alpha value is -1.59. The van der Waals surface area contributed by atoms with Crippen molar-refractivity contribution < 1.29 is 19.0 Å². The van der Waals surface area contributed by atoms with Crippen LogP contribution in [-0.2, 0) is 20.8 Å². The van der Waals surface area contributed by atoms with Crippen LogP contribution in [0.3, 0.4) is 0 Å². The van der Waals surface area contributed by atoms with E-state index in [-0.39, 0.29) is 48.6 Å². The number of ether oxygens (including phenoxy) is 3. The van der Waals surface area contributed by atoms with Crippen LogP contribution < -0.4 is 15.4 Å². The van der Waals surface area contributed by atoms with Crippen LogP contribution in [0.25, 0.3) is 0 Å². The molecule has 0 spiro atoms. The standard InChI is InChI=1S/C23H36N4O4.HI/c1-24-23(26-16-22(28)25-15-18-6-8-19(29-2)9-7-18)27-12-10-20(11-13-27)31-17-21-5-3-4-14-30-21;/h6-9,20-21H,3-5,10-17H2,1-2H3,(H,24,26)(H,25,28);1H. The molecular formula is C23H37IN4O4. The lowest BCUT2D eigenvalue weighted by Crippen LogP contribution is -2.49. The zero-order chi connectivity index (χ0) is 21.9. The highest BCUT2D eigenvalue weighted by Gasteiger charge is 2.24. The average molecular weight is 560 g/mol. The molecule has 2 N–H and O–H groups in total. The quantitative estimate of drug-likeness (QED) is 0.289. The minimum atomic E-state index is -0.0670. The van der Waals surface area contributed by atoms with E-state index in [1.165, 1.54) is 12.8 Å². The van der Waals surface area contributed by atoms with Crippen molar-refractivity contribution in [1.29, 1.82) is 0 Å². The molecular weight excluding hydrogens is 523 g/mol. The van der Waals surface area contributed by atoms with Gasteiger partial charge >= 0.3 is 0 Å². The molecule has 0 aromatic heterocycles. The smallest absolute Gasteiger partial charge is 0.239 e. The fourth-order valence-corrected chi connectivity index (χ4v) is 3.91. The first-order valence-corrected chi connectivity index (χ1v) is 11.3. The van der Waals surface area contributed by atoms with Gasteiger partial charge in [0, 0.05) is 33.3 Å². The van der Waals surface area contributed by atoms with Crippen LogP contribution in [0.2, 0.25) is 0 Å². The highest BCUT2D eigenvalue weighted by molar-refractivity contribution is 14.0. The van der Waals surface area contributed by atoms with Crippen LogP contribution in [0.4, 0.5) is 0 Å². The van der Waals surface area contributed by atoms with Gasteiger partial charge < -0.3 is 29.7 Å². The van der Waals surface area contributed by atoms with Crippen molar-refractivity contribution in [3.8, 4) is 5.75 Å². The molecule has 2 aliphatic heterocycles. The van der Waals surface area contributed by atoms with Crippen molar-refractivity contribution >= 4 is 35.8 Å². The first-order chi connectivity index (χ1) is 15.2. The predicted octanol–water partition coefficient (Wildman–Crippen LogP) is 2.55. The molecule has 3 rings (SSSR count). The van der Waals surface area contributed by atoms with Crippen molar-refractivity contribution in [2.75, 3.05) is 47.0 Å². The molecule has 2 aliphatic rings.